The fraction of sp³-hybridized carbons (Fsp3) is 0.722. The van der Waals surface area contributed by atoms with Crippen LogP contribution in [0.1, 0.15) is 26.0 Å². The number of halogens is 5. The molecule has 15 nitrogen and oxygen atoms in total. The van der Waals surface area contributed by atoms with Crippen LogP contribution in [0.2, 0.25) is 0 Å². The molecule has 5 N–H and O–H groups in total. The number of phosphoric acid groups is 1. The van der Waals surface area contributed by atoms with E-state index in [1.54, 1.807) is 18.7 Å². The molecular formula is C18H27Cl2F3N5O10P3S2. The molecule has 2 aromatic heterocycles. The molecule has 1 aliphatic rings. The van der Waals surface area contributed by atoms with Crippen molar-refractivity contribution in [2.75, 3.05) is 36.2 Å². The second-order valence-electron chi connectivity index (χ2n) is 9.09. The monoisotopic (exact) mass is 757 g/mol. The minimum Gasteiger partial charge on any atom is -0.367 e. The molecule has 3 rings (SSSR count). The van der Waals surface area contributed by atoms with Crippen molar-refractivity contribution in [3.63, 3.8) is 0 Å². The van der Waals surface area contributed by atoms with Gasteiger partial charge in [0, 0.05) is 24.0 Å². The normalized spacial score (nSPS) is 22.9. The number of ether oxygens (including phenoxy) is 1. The molecule has 5 atom stereocenters. The average molecular weight is 758 g/mol. The summed E-state index contributed by atoms with van der Waals surface area (Å²) in [5, 5.41) is 3.18. The predicted molar refractivity (Wildman–Crippen MR) is 154 cm³/mol. The van der Waals surface area contributed by atoms with E-state index in [9.17, 15) is 36.7 Å². The van der Waals surface area contributed by atoms with E-state index in [2.05, 4.69) is 24.6 Å². The highest BCUT2D eigenvalue weighted by molar-refractivity contribution is 7.99. The lowest BCUT2D eigenvalue weighted by atomic mass is 10.1. The first kappa shape index (κ1) is 37.3. The van der Waals surface area contributed by atoms with Crippen LogP contribution in [0.25, 0.3) is 11.2 Å². The van der Waals surface area contributed by atoms with Gasteiger partial charge in [-0.05, 0) is 12.7 Å². The second-order valence-corrected chi connectivity index (χ2v) is 19.2. The standard InChI is InChI=1S/C18H27Cl2F3N5O10P3S2/c1-10-7-11(8-36-41(34,35)38-40(32,33)18(19,20)39(29,30)31)37-15(10)28-9-25-12-13(24-4-6-42-2)26-16(27-14(12)28)43-5-3-17(21,22)23/h9-11,15H,3-8H2,1-2H3,(H,32,33)(H,34,35)(H,24,26,27)(H2,29,30,31)/t10-,11-,15?/m0/s1. The summed E-state index contributed by atoms with van der Waals surface area (Å²) >= 11 is 12.9. The van der Waals surface area contributed by atoms with Crippen LogP contribution in [0, 0.1) is 5.92 Å². The van der Waals surface area contributed by atoms with E-state index in [0.717, 1.165) is 11.8 Å². The van der Waals surface area contributed by atoms with E-state index in [-0.39, 0.29) is 28.9 Å². The van der Waals surface area contributed by atoms with E-state index in [1.807, 2.05) is 6.26 Å². The smallest absolute Gasteiger partial charge is 0.367 e. The van der Waals surface area contributed by atoms with Crippen LogP contribution in [0.4, 0.5) is 19.0 Å². The number of aromatic nitrogens is 4. The molecule has 246 valence electrons. The molecule has 0 saturated carbocycles. The number of alkyl halides is 5. The Labute approximate surface area is 261 Å². The summed E-state index contributed by atoms with van der Waals surface area (Å²) in [6.07, 6.45) is -3.56. The molecule has 2 aromatic rings. The number of phosphoric ester groups is 1. The highest BCUT2D eigenvalue weighted by atomic mass is 35.5. The highest BCUT2D eigenvalue weighted by Crippen LogP contribution is 2.79. The number of hydrogen-bond donors (Lipinski definition) is 5. The van der Waals surface area contributed by atoms with Crippen LogP contribution < -0.4 is 5.32 Å². The van der Waals surface area contributed by atoms with Gasteiger partial charge in [0.15, 0.2) is 22.1 Å². The first-order valence-corrected chi connectivity index (χ1v) is 19.8. The van der Waals surface area contributed by atoms with Crippen molar-refractivity contribution < 1.29 is 60.0 Å². The number of rotatable bonds is 15. The summed E-state index contributed by atoms with van der Waals surface area (Å²) in [7, 11) is -17.0. The Balaban J connectivity index is 1.77. The fourth-order valence-corrected chi connectivity index (χ4v) is 9.10. The van der Waals surface area contributed by atoms with Crippen LogP contribution in [-0.4, -0.2) is 86.1 Å². The van der Waals surface area contributed by atoms with Crippen molar-refractivity contribution in [2.45, 2.75) is 47.2 Å². The van der Waals surface area contributed by atoms with E-state index in [0.29, 0.717) is 23.6 Å². The van der Waals surface area contributed by atoms with Crippen molar-refractivity contribution in [2.24, 2.45) is 5.92 Å². The molecule has 43 heavy (non-hydrogen) atoms. The third-order valence-corrected chi connectivity index (χ3v) is 14.8. The summed E-state index contributed by atoms with van der Waals surface area (Å²) in [6.45, 7) is 1.58. The summed E-state index contributed by atoms with van der Waals surface area (Å²) in [6, 6.07) is 0. The van der Waals surface area contributed by atoms with Crippen LogP contribution in [-0.2, 0) is 27.3 Å². The van der Waals surface area contributed by atoms with Gasteiger partial charge in [-0.3, -0.25) is 18.2 Å². The third-order valence-electron chi connectivity index (χ3n) is 5.67. The Morgan fingerprint density at radius 1 is 1.19 bits per heavy atom. The lowest BCUT2D eigenvalue weighted by molar-refractivity contribution is -0.129. The lowest BCUT2D eigenvalue weighted by Gasteiger charge is -2.26. The van der Waals surface area contributed by atoms with Gasteiger partial charge in [-0.1, -0.05) is 41.9 Å². The number of fused-ring (bicyclic) bond motifs is 1. The molecule has 0 bridgehead atoms. The predicted octanol–water partition coefficient (Wildman–Crippen LogP) is 5.15. The van der Waals surface area contributed by atoms with Gasteiger partial charge < -0.3 is 29.6 Å². The zero-order chi connectivity index (χ0) is 32.4. The maximum atomic E-state index is 12.7. The zero-order valence-electron chi connectivity index (χ0n) is 22.1. The van der Waals surface area contributed by atoms with E-state index >= 15 is 0 Å². The van der Waals surface area contributed by atoms with Gasteiger partial charge in [0.25, 0.3) is 0 Å². The minimum atomic E-state index is -5.84. The van der Waals surface area contributed by atoms with Gasteiger partial charge in [0.1, 0.15) is 6.23 Å². The van der Waals surface area contributed by atoms with Crippen molar-refractivity contribution in [1.29, 1.82) is 0 Å². The second kappa shape index (κ2) is 14.3. The molecule has 3 unspecified atom stereocenters. The Kier molecular flexibility index (Phi) is 12.4. The maximum Gasteiger partial charge on any atom is 0.479 e. The van der Waals surface area contributed by atoms with Gasteiger partial charge in [0.05, 0.1) is 25.5 Å². The molecular weight excluding hydrogens is 731 g/mol. The number of imidazole rings is 1. The van der Waals surface area contributed by atoms with Crippen molar-refractivity contribution >= 4 is 86.7 Å². The Hall–Kier alpha value is -0.170. The first-order chi connectivity index (χ1) is 19.7. The largest absolute Gasteiger partial charge is 0.479 e. The average Bonchev–Trinajstić information content (AvgIpc) is 3.43. The fourth-order valence-electron chi connectivity index (χ4n) is 3.72. The first-order valence-electron chi connectivity index (χ1n) is 11.9. The Morgan fingerprint density at radius 3 is 2.47 bits per heavy atom. The molecule has 25 heteroatoms. The number of hydrogen-bond acceptors (Lipinski definition) is 12. The van der Waals surface area contributed by atoms with E-state index < -0.39 is 58.4 Å². The Morgan fingerprint density at radius 2 is 1.86 bits per heavy atom. The number of thioether (sulfide) groups is 2. The molecule has 3 heterocycles. The van der Waals surface area contributed by atoms with Gasteiger partial charge in [-0.25, -0.2) is 23.8 Å². The summed E-state index contributed by atoms with van der Waals surface area (Å²) in [5.74, 6) is 0.421. The molecule has 1 aliphatic heterocycles. The van der Waals surface area contributed by atoms with Crippen molar-refractivity contribution in [3.8, 4) is 0 Å². The topological polar surface area (TPSA) is 215 Å². The molecule has 0 spiro atoms. The van der Waals surface area contributed by atoms with Gasteiger partial charge >= 0.3 is 33.0 Å². The van der Waals surface area contributed by atoms with Gasteiger partial charge in [-0.2, -0.15) is 24.9 Å². The van der Waals surface area contributed by atoms with Crippen LogP contribution in [0.15, 0.2) is 11.5 Å². The molecule has 0 aliphatic carbocycles. The van der Waals surface area contributed by atoms with Gasteiger partial charge in [-0.15, -0.1) is 0 Å². The molecule has 0 radical (unpaired) electrons. The lowest BCUT2D eigenvalue weighted by Crippen LogP contribution is -2.18. The van der Waals surface area contributed by atoms with Crippen molar-refractivity contribution in [3.05, 3.63) is 6.33 Å². The van der Waals surface area contributed by atoms with Crippen LogP contribution >= 0.6 is 69.7 Å². The van der Waals surface area contributed by atoms with Gasteiger partial charge in [0.2, 0.25) is 0 Å². The summed E-state index contributed by atoms with van der Waals surface area (Å²) < 4.78 is 86.4. The van der Waals surface area contributed by atoms with Crippen LogP contribution in [0.3, 0.4) is 0 Å². The molecule has 0 amide bonds. The minimum absolute atomic E-state index is 0.0763. The summed E-state index contributed by atoms with van der Waals surface area (Å²) in [5.41, 5.74) is 0.587. The quantitative estimate of drug-likeness (QED) is 0.0522. The zero-order valence-corrected chi connectivity index (χ0v) is 28.0. The van der Waals surface area contributed by atoms with E-state index in [1.165, 1.54) is 10.9 Å². The van der Waals surface area contributed by atoms with Crippen LogP contribution in [0.5, 0.6) is 0 Å². The number of anilines is 1. The van der Waals surface area contributed by atoms with Crippen molar-refractivity contribution in [1.82, 2.24) is 19.5 Å². The SMILES string of the molecule is CSCCNc1nc(SCCC(F)(F)F)nc2c1ncn2C1O[C@H](COP(=O)(O)OP(=O)(O)C(Cl)(Cl)P(=O)(O)O)C[C@@H]1C. The third kappa shape index (κ3) is 9.67. The number of nitrogens with one attached hydrogen (secondary N) is 1. The molecule has 1 fully saturated rings. The Bertz CT molecular complexity index is 1440. The highest BCUT2D eigenvalue weighted by Gasteiger charge is 2.62. The summed E-state index contributed by atoms with van der Waals surface area (Å²) in [4.78, 5) is 50.9. The number of nitrogens with zero attached hydrogens (tertiary/aromatic N) is 4. The van der Waals surface area contributed by atoms with E-state index in [4.69, 9.17) is 42.2 Å². The molecule has 0 aromatic carbocycles. The maximum absolute atomic E-state index is 12.7. The molecule has 1 saturated heterocycles.